The Morgan fingerprint density at radius 2 is 2.29 bits per heavy atom. The predicted octanol–water partition coefficient (Wildman–Crippen LogP) is 4.14. The summed E-state index contributed by atoms with van der Waals surface area (Å²) in [6.07, 6.45) is 3.18. The normalized spacial score (nSPS) is 16.1. The molecule has 8 heteroatoms. The van der Waals surface area contributed by atoms with Gasteiger partial charge in [0.2, 0.25) is 5.12 Å². The van der Waals surface area contributed by atoms with Gasteiger partial charge in [0.25, 0.3) is 5.69 Å². The number of hydrogen-bond donors (Lipinski definition) is 0. The largest absolute Gasteiger partial charge is 0.279 e. The fraction of sp³-hybridized carbons (Fsp3) is 0.0769. The van der Waals surface area contributed by atoms with Gasteiger partial charge in [0, 0.05) is 28.5 Å². The standard InChI is InChI=1S/C13H9ClN2O3S2/c1-2-5-20-13-15-11(12(17)21-13)7-8-6-9(16(18)19)3-4-10(8)14/h2-4,6-7H,1,5H2/b11-7+. The molecule has 108 valence electrons. The van der Waals surface area contributed by atoms with Crippen molar-refractivity contribution in [1.29, 1.82) is 0 Å². The number of hydrogen-bond acceptors (Lipinski definition) is 6. The molecule has 5 nitrogen and oxygen atoms in total. The van der Waals surface area contributed by atoms with Crippen molar-refractivity contribution < 1.29 is 9.72 Å². The minimum Gasteiger partial charge on any atom is -0.279 e. The first kappa shape index (κ1) is 15.8. The van der Waals surface area contributed by atoms with Gasteiger partial charge >= 0.3 is 0 Å². The Morgan fingerprint density at radius 3 is 2.95 bits per heavy atom. The number of benzene rings is 1. The molecule has 0 aromatic heterocycles. The Hall–Kier alpha value is -1.57. The summed E-state index contributed by atoms with van der Waals surface area (Å²) in [6, 6.07) is 4.05. The number of nitro benzene ring substituents is 1. The van der Waals surface area contributed by atoms with Crippen molar-refractivity contribution in [3.63, 3.8) is 0 Å². The third-order valence-corrected chi connectivity index (χ3v) is 4.76. The summed E-state index contributed by atoms with van der Waals surface area (Å²) < 4.78 is 0.632. The molecule has 1 aromatic rings. The molecular formula is C13H9ClN2O3S2. The van der Waals surface area contributed by atoms with Crippen molar-refractivity contribution in [2.24, 2.45) is 4.99 Å². The van der Waals surface area contributed by atoms with Crippen LogP contribution in [-0.2, 0) is 4.79 Å². The van der Waals surface area contributed by atoms with Gasteiger partial charge in [-0.2, -0.15) is 0 Å². The third-order valence-electron chi connectivity index (χ3n) is 2.41. The summed E-state index contributed by atoms with van der Waals surface area (Å²) in [4.78, 5) is 26.3. The molecule has 0 amide bonds. The van der Waals surface area contributed by atoms with Gasteiger partial charge in [-0.1, -0.05) is 29.4 Å². The summed E-state index contributed by atoms with van der Waals surface area (Å²) >= 11 is 8.43. The van der Waals surface area contributed by atoms with E-state index in [-0.39, 0.29) is 16.5 Å². The lowest BCUT2D eigenvalue weighted by molar-refractivity contribution is -0.384. The summed E-state index contributed by atoms with van der Waals surface area (Å²) in [7, 11) is 0. The Balaban J connectivity index is 2.32. The number of non-ortho nitro benzene ring substituents is 1. The summed E-state index contributed by atoms with van der Waals surface area (Å²) in [5.74, 6) is 0.657. The maximum absolute atomic E-state index is 11.8. The first-order chi connectivity index (χ1) is 10.0. The smallest absolute Gasteiger partial charge is 0.270 e. The first-order valence-corrected chi connectivity index (χ1v) is 7.89. The van der Waals surface area contributed by atoms with Gasteiger partial charge < -0.3 is 0 Å². The van der Waals surface area contributed by atoms with Crippen LogP contribution in [0.15, 0.2) is 41.5 Å². The molecule has 0 saturated heterocycles. The molecule has 0 bridgehead atoms. The van der Waals surface area contributed by atoms with Crippen LogP contribution in [0.1, 0.15) is 5.56 Å². The quantitative estimate of drug-likeness (QED) is 0.356. The maximum Gasteiger partial charge on any atom is 0.270 e. The number of halogens is 1. The van der Waals surface area contributed by atoms with Crippen molar-refractivity contribution in [3.05, 3.63) is 57.3 Å². The second-order valence-electron chi connectivity index (χ2n) is 3.86. The van der Waals surface area contributed by atoms with E-state index in [0.29, 0.717) is 20.7 Å². The van der Waals surface area contributed by atoms with E-state index in [9.17, 15) is 14.9 Å². The molecular weight excluding hydrogens is 332 g/mol. The molecule has 0 radical (unpaired) electrons. The highest BCUT2D eigenvalue weighted by atomic mass is 35.5. The highest BCUT2D eigenvalue weighted by Gasteiger charge is 2.22. The zero-order valence-electron chi connectivity index (χ0n) is 10.6. The minimum atomic E-state index is -0.516. The van der Waals surface area contributed by atoms with Crippen LogP contribution in [0.2, 0.25) is 5.02 Å². The van der Waals surface area contributed by atoms with Gasteiger partial charge in [-0.05, 0) is 23.9 Å². The predicted molar refractivity (Wildman–Crippen MR) is 88.8 cm³/mol. The molecule has 1 aliphatic rings. The summed E-state index contributed by atoms with van der Waals surface area (Å²) in [6.45, 7) is 3.60. The van der Waals surface area contributed by atoms with E-state index in [0.717, 1.165) is 11.8 Å². The zero-order chi connectivity index (χ0) is 15.4. The fourth-order valence-corrected chi connectivity index (χ4v) is 3.26. The van der Waals surface area contributed by atoms with E-state index in [1.165, 1.54) is 36.0 Å². The number of nitro groups is 1. The van der Waals surface area contributed by atoms with Crippen LogP contribution in [0.3, 0.4) is 0 Å². The molecule has 0 aliphatic carbocycles. The van der Waals surface area contributed by atoms with Gasteiger partial charge in [0.1, 0.15) is 10.1 Å². The molecule has 0 saturated carbocycles. The average molecular weight is 341 g/mol. The second kappa shape index (κ2) is 6.93. The third kappa shape index (κ3) is 3.96. The van der Waals surface area contributed by atoms with Crippen molar-refractivity contribution in [3.8, 4) is 0 Å². The van der Waals surface area contributed by atoms with E-state index in [1.807, 2.05) is 0 Å². The molecule has 2 rings (SSSR count). The molecule has 0 atom stereocenters. The molecule has 21 heavy (non-hydrogen) atoms. The van der Waals surface area contributed by atoms with Gasteiger partial charge in [0.05, 0.1) is 4.92 Å². The summed E-state index contributed by atoms with van der Waals surface area (Å²) in [5.41, 5.74) is 0.539. The first-order valence-electron chi connectivity index (χ1n) is 5.71. The van der Waals surface area contributed by atoms with Crippen molar-refractivity contribution in [2.75, 3.05) is 5.75 Å². The van der Waals surface area contributed by atoms with Crippen LogP contribution in [0.5, 0.6) is 0 Å². The van der Waals surface area contributed by atoms with Crippen LogP contribution < -0.4 is 0 Å². The van der Waals surface area contributed by atoms with Gasteiger partial charge in [-0.3, -0.25) is 14.9 Å². The molecule has 0 unspecified atom stereocenters. The number of carbonyl (C=O) groups is 1. The van der Waals surface area contributed by atoms with Gasteiger partial charge in [-0.15, -0.1) is 6.58 Å². The van der Waals surface area contributed by atoms with Gasteiger partial charge in [-0.25, -0.2) is 4.99 Å². The van der Waals surface area contributed by atoms with Crippen molar-refractivity contribution >= 4 is 56.4 Å². The Kier molecular flexibility index (Phi) is 5.22. The van der Waals surface area contributed by atoms with Crippen molar-refractivity contribution in [2.45, 2.75) is 0 Å². The number of nitrogens with zero attached hydrogens (tertiary/aromatic N) is 2. The molecule has 1 heterocycles. The van der Waals surface area contributed by atoms with Crippen LogP contribution in [0, 0.1) is 10.1 Å². The van der Waals surface area contributed by atoms with Crippen LogP contribution in [-0.4, -0.2) is 20.2 Å². The highest BCUT2D eigenvalue weighted by Crippen LogP contribution is 2.32. The number of aliphatic imine (C=N–C) groups is 1. The molecule has 1 aliphatic heterocycles. The average Bonchev–Trinajstić information content (AvgIpc) is 2.79. The SMILES string of the molecule is C=CCSC1=N/C(=C/c2cc([N+](=O)[O-])ccc2Cl)C(=O)S1. The number of thioether (sulfide) groups is 2. The zero-order valence-corrected chi connectivity index (χ0v) is 13.0. The molecule has 1 aromatic carbocycles. The Morgan fingerprint density at radius 1 is 1.52 bits per heavy atom. The van der Waals surface area contributed by atoms with Crippen LogP contribution >= 0.6 is 35.1 Å². The highest BCUT2D eigenvalue weighted by molar-refractivity contribution is 8.45. The number of rotatable bonds is 4. The Bertz CT molecular complexity index is 686. The van der Waals surface area contributed by atoms with Crippen LogP contribution in [0.4, 0.5) is 5.69 Å². The fourth-order valence-electron chi connectivity index (χ4n) is 1.48. The topological polar surface area (TPSA) is 72.6 Å². The van der Waals surface area contributed by atoms with Gasteiger partial charge in [0.15, 0.2) is 0 Å². The van der Waals surface area contributed by atoms with E-state index in [4.69, 9.17) is 11.6 Å². The number of carbonyl (C=O) groups excluding carboxylic acids is 1. The molecule has 0 fully saturated rings. The Labute approximate surface area is 134 Å². The summed E-state index contributed by atoms with van der Waals surface area (Å²) in [5, 5.41) is 10.9. The van der Waals surface area contributed by atoms with E-state index >= 15 is 0 Å². The van der Waals surface area contributed by atoms with Crippen molar-refractivity contribution in [1.82, 2.24) is 0 Å². The van der Waals surface area contributed by atoms with E-state index in [2.05, 4.69) is 11.6 Å². The molecule has 0 spiro atoms. The second-order valence-corrected chi connectivity index (χ2v) is 6.50. The monoisotopic (exact) mass is 340 g/mol. The van der Waals surface area contributed by atoms with E-state index < -0.39 is 4.92 Å². The van der Waals surface area contributed by atoms with E-state index in [1.54, 1.807) is 6.08 Å². The van der Waals surface area contributed by atoms with Crippen LogP contribution in [0.25, 0.3) is 6.08 Å². The lowest BCUT2D eigenvalue weighted by Crippen LogP contribution is -1.91. The minimum absolute atomic E-state index is 0.0883. The maximum atomic E-state index is 11.8. The lowest BCUT2D eigenvalue weighted by atomic mass is 10.1. The lowest BCUT2D eigenvalue weighted by Gasteiger charge is -1.99. The molecule has 0 N–H and O–H groups in total.